The number of nitrogens with one attached hydrogen (secondary N) is 1. The van der Waals surface area contributed by atoms with Crippen molar-refractivity contribution >= 4 is 11.6 Å². The van der Waals surface area contributed by atoms with Gasteiger partial charge in [-0.1, -0.05) is 18.2 Å². The lowest BCUT2D eigenvalue weighted by Crippen LogP contribution is -3.00. The summed E-state index contributed by atoms with van der Waals surface area (Å²) in [5, 5.41) is 0. The summed E-state index contributed by atoms with van der Waals surface area (Å²) in [6, 6.07) is 10.0. The lowest BCUT2D eigenvalue weighted by molar-refractivity contribution is -0.120. The first-order valence-corrected chi connectivity index (χ1v) is 4.43. The second-order valence-electron chi connectivity index (χ2n) is 3.54. The van der Waals surface area contributed by atoms with Gasteiger partial charge in [-0.25, -0.2) is 0 Å². The number of para-hydroxylation sites is 1. The Balaban J connectivity index is 0.000000980. The van der Waals surface area contributed by atoms with Gasteiger partial charge in [0.1, 0.15) is 6.54 Å². The topological polar surface area (TPSA) is 29.1 Å². The second-order valence-corrected chi connectivity index (χ2v) is 3.54. The highest BCUT2D eigenvalue weighted by Gasteiger charge is 2.34. The zero-order valence-corrected chi connectivity index (χ0v) is 8.79. The van der Waals surface area contributed by atoms with Crippen LogP contribution in [0, 0.1) is 0 Å². The quantitative estimate of drug-likeness (QED) is 0.540. The third-order valence-corrected chi connectivity index (χ3v) is 2.48. The maximum atomic E-state index is 11.1. The number of carbonyl (C=O) groups is 1. The number of hydrogen-bond acceptors (Lipinski definition) is 1. The molecule has 1 N–H and O–H groups in total. The van der Waals surface area contributed by atoms with Crippen molar-refractivity contribution < 1.29 is 17.2 Å². The van der Waals surface area contributed by atoms with Gasteiger partial charge in [-0.3, -0.25) is 4.79 Å². The molecular weight excluding hydrogens is 200 g/mol. The smallest absolute Gasteiger partial charge is 0.271 e. The fraction of sp³-hybridized carbons (Fsp3) is 0.300. The van der Waals surface area contributed by atoms with E-state index < -0.39 is 0 Å². The highest BCUT2D eigenvalue weighted by Crippen LogP contribution is 2.21. The molecular formula is C10H13ClN2O. The zero-order chi connectivity index (χ0) is 9.31. The number of amides is 1. The number of benzene rings is 1. The first-order chi connectivity index (χ1) is 6.21. The zero-order valence-electron chi connectivity index (χ0n) is 8.03. The summed E-state index contributed by atoms with van der Waals surface area (Å²) in [5.74, 6) is 0.131. The van der Waals surface area contributed by atoms with Gasteiger partial charge >= 0.3 is 0 Å². The number of halogens is 1. The molecule has 1 saturated heterocycles. The molecule has 1 aromatic rings. The Morgan fingerprint density at radius 1 is 1.29 bits per heavy atom. The highest BCUT2D eigenvalue weighted by molar-refractivity contribution is 5.80. The fourth-order valence-corrected chi connectivity index (χ4v) is 1.66. The highest BCUT2D eigenvalue weighted by atomic mass is 35.5. The molecule has 1 aliphatic rings. The van der Waals surface area contributed by atoms with Crippen LogP contribution >= 0.6 is 0 Å². The van der Waals surface area contributed by atoms with Crippen LogP contribution in [0.5, 0.6) is 0 Å². The molecule has 1 atom stereocenters. The largest absolute Gasteiger partial charge is 1.00 e. The standard InChI is InChI=1S/C10H12N2O.ClH/c1-12(8-7-10(13)11-12)9-5-3-2-4-6-9;/h2-6H,7-8H2,1H3;1H. The minimum atomic E-state index is 0. The summed E-state index contributed by atoms with van der Waals surface area (Å²) in [6.07, 6.45) is 0.616. The molecule has 1 aliphatic heterocycles. The molecule has 1 heterocycles. The van der Waals surface area contributed by atoms with Crippen LogP contribution < -0.4 is 22.4 Å². The van der Waals surface area contributed by atoms with E-state index in [0.29, 0.717) is 11.0 Å². The average molecular weight is 213 g/mol. The SMILES string of the molecule is C[N+]1(c2ccccc2)CCC(=O)N1.[Cl-]. The van der Waals surface area contributed by atoms with Crippen molar-refractivity contribution in [2.75, 3.05) is 13.6 Å². The third-order valence-electron chi connectivity index (χ3n) is 2.48. The molecule has 0 radical (unpaired) electrons. The van der Waals surface area contributed by atoms with Crippen molar-refractivity contribution in [2.24, 2.45) is 0 Å². The maximum absolute atomic E-state index is 11.1. The van der Waals surface area contributed by atoms with E-state index in [2.05, 4.69) is 5.43 Å². The number of carbonyl (C=O) groups excluding carboxylic acids is 1. The molecule has 1 unspecified atom stereocenters. The van der Waals surface area contributed by atoms with E-state index in [1.165, 1.54) is 0 Å². The average Bonchev–Trinajstić information content (AvgIpc) is 2.49. The van der Waals surface area contributed by atoms with Crippen molar-refractivity contribution in [1.29, 1.82) is 0 Å². The first kappa shape index (κ1) is 11.0. The summed E-state index contributed by atoms with van der Waals surface area (Å²) in [7, 11) is 2.01. The van der Waals surface area contributed by atoms with Gasteiger partial charge in [-0.05, 0) is 0 Å². The van der Waals surface area contributed by atoms with E-state index >= 15 is 0 Å². The van der Waals surface area contributed by atoms with Gasteiger partial charge in [-0.15, -0.1) is 0 Å². The molecule has 14 heavy (non-hydrogen) atoms. The van der Waals surface area contributed by atoms with E-state index in [1.54, 1.807) is 0 Å². The molecule has 0 aromatic heterocycles. The lowest BCUT2D eigenvalue weighted by atomic mass is 10.3. The van der Waals surface area contributed by atoms with E-state index in [0.717, 1.165) is 12.2 Å². The van der Waals surface area contributed by atoms with Gasteiger partial charge in [-0.2, -0.15) is 10.0 Å². The molecule has 0 spiro atoms. The van der Waals surface area contributed by atoms with Crippen LogP contribution in [-0.2, 0) is 4.79 Å². The van der Waals surface area contributed by atoms with Gasteiger partial charge in [0.25, 0.3) is 5.91 Å². The Morgan fingerprint density at radius 2 is 1.93 bits per heavy atom. The third kappa shape index (κ3) is 1.89. The van der Waals surface area contributed by atoms with E-state index in [1.807, 2.05) is 37.4 Å². The van der Waals surface area contributed by atoms with Crippen LogP contribution in [0.25, 0.3) is 0 Å². The molecule has 1 fully saturated rings. The minimum absolute atomic E-state index is 0. The van der Waals surface area contributed by atoms with Gasteiger partial charge in [0.2, 0.25) is 0 Å². The van der Waals surface area contributed by atoms with Gasteiger partial charge in [0.05, 0.1) is 13.5 Å². The maximum Gasteiger partial charge on any atom is 0.271 e. The van der Waals surface area contributed by atoms with Crippen LogP contribution in [-0.4, -0.2) is 19.5 Å². The van der Waals surface area contributed by atoms with Crippen LogP contribution in [0.4, 0.5) is 5.69 Å². The molecule has 0 aliphatic carbocycles. The summed E-state index contributed by atoms with van der Waals surface area (Å²) in [6.45, 7) is 0.836. The summed E-state index contributed by atoms with van der Waals surface area (Å²) in [4.78, 5) is 11.1. The van der Waals surface area contributed by atoms with Crippen molar-refractivity contribution in [3.05, 3.63) is 30.3 Å². The second kappa shape index (κ2) is 3.98. The molecule has 76 valence electrons. The number of rotatable bonds is 1. The van der Waals surface area contributed by atoms with Gasteiger partial charge in [0, 0.05) is 12.1 Å². The molecule has 3 nitrogen and oxygen atoms in total. The predicted molar refractivity (Wildman–Crippen MR) is 51.8 cm³/mol. The summed E-state index contributed by atoms with van der Waals surface area (Å²) in [5.41, 5.74) is 4.08. The van der Waals surface area contributed by atoms with Gasteiger partial charge < -0.3 is 12.4 Å². The monoisotopic (exact) mass is 212 g/mol. The normalized spacial score (nSPS) is 25.4. The number of nitrogens with zero attached hydrogens (tertiary/aromatic N) is 1. The van der Waals surface area contributed by atoms with Gasteiger partial charge in [0.15, 0.2) is 5.69 Å². The summed E-state index contributed by atoms with van der Waals surface area (Å²) >= 11 is 0. The van der Waals surface area contributed by atoms with Crippen molar-refractivity contribution in [3.63, 3.8) is 0 Å². The lowest BCUT2D eigenvalue weighted by Gasteiger charge is -2.26. The van der Waals surface area contributed by atoms with Crippen LogP contribution in [0.2, 0.25) is 0 Å². The Bertz CT molecular complexity index is 328. The Morgan fingerprint density at radius 3 is 2.43 bits per heavy atom. The van der Waals surface area contributed by atoms with Crippen molar-refractivity contribution in [2.45, 2.75) is 6.42 Å². The van der Waals surface area contributed by atoms with Crippen molar-refractivity contribution in [3.8, 4) is 0 Å². The Labute approximate surface area is 89.7 Å². The van der Waals surface area contributed by atoms with Crippen LogP contribution in [0.15, 0.2) is 30.3 Å². The van der Waals surface area contributed by atoms with Crippen molar-refractivity contribution in [1.82, 2.24) is 10.0 Å². The van der Waals surface area contributed by atoms with E-state index in [-0.39, 0.29) is 18.3 Å². The van der Waals surface area contributed by atoms with Crippen LogP contribution in [0.3, 0.4) is 0 Å². The molecule has 0 bridgehead atoms. The molecule has 4 heteroatoms. The predicted octanol–water partition coefficient (Wildman–Crippen LogP) is -1.94. The molecule has 1 amide bonds. The minimum Gasteiger partial charge on any atom is -1.00 e. The van der Waals surface area contributed by atoms with Crippen LogP contribution in [0.1, 0.15) is 6.42 Å². The fourth-order valence-electron chi connectivity index (χ4n) is 1.66. The van der Waals surface area contributed by atoms with E-state index in [4.69, 9.17) is 0 Å². The van der Waals surface area contributed by atoms with E-state index in [9.17, 15) is 4.79 Å². The molecule has 1 aromatic carbocycles. The Kier molecular flexibility index (Phi) is 3.13. The Hall–Kier alpha value is -1.06. The summed E-state index contributed by atoms with van der Waals surface area (Å²) < 4.78 is 0.527. The molecule has 0 saturated carbocycles. The number of quaternary nitrogens is 1. The molecule has 2 rings (SSSR count). The number of hydrogen-bond donors (Lipinski definition) is 1. The first-order valence-electron chi connectivity index (χ1n) is 4.43.